The molecule has 1 atom stereocenters. The number of nitrogens with zero attached hydrogens (tertiary/aromatic N) is 4. The van der Waals surface area contributed by atoms with Crippen LogP contribution in [0.5, 0.6) is 0 Å². The second-order valence-electron chi connectivity index (χ2n) is 12.0. The van der Waals surface area contributed by atoms with Crippen molar-refractivity contribution in [3.05, 3.63) is 56.1 Å². The third kappa shape index (κ3) is 5.34. The normalized spacial score (nSPS) is 19.1. The largest absolute Gasteiger partial charge is 0.343 e. The first kappa shape index (κ1) is 26.4. The minimum absolute atomic E-state index is 0.00548. The Hall–Kier alpha value is -3.20. The van der Waals surface area contributed by atoms with Crippen LogP contribution in [0.25, 0.3) is 10.9 Å². The van der Waals surface area contributed by atoms with Crippen LogP contribution in [-0.2, 0) is 22.6 Å². The topological polar surface area (TPSA) is 115 Å². The average molecular weight is 539 g/mol. The molecule has 3 aromatic rings. The number of hydrogen-bond donors (Lipinski definition) is 2. The molecule has 0 unspecified atom stereocenters. The van der Waals surface area contributed by atoms with Crippen LogP contribution in [-0.4, -0.2) is 61.6 Å². The van der Waals surface area contributed by atoms with E-state index in [1.807, 2.05) is 28.9 Å². The fourth-order valence-electron chi connectivity index (χ4n) is 5.91. The molecule has 0 aliphatic carbocycles. The Morgan fingerprint density at radius 1 is 1.16 bits per heavy atom. The lowest BCUT2D eigenvalue weighted by molar-refractivity contribution is -0.142. The highest BCUT2D eigenvalue weighted by atomic mass is 35.5. The molecule has 10 heteroatoms. The van der Waals surface area contributed by atoms with Gasteiger partial charge in [0.2, 0.25) is 11.8 Å². The van der Waals surface area contributed by atoms with Crippen LogP contribution in [0, 0.1) is 18.3 Å². The van der Waals surface area contributed by atoms with Gasteiger partial charge in [0, 0.05) is 43.5 Å². The van der Waals surface area contributed by atoms with E-state index in [1.54, 1.807) is 6.20 Å². The lowest BCUT2D eigenvalue weighted by Crippen LogP contribution is -2.43. The lowest BCUT2D eigenvalue weighted by Gasteiger charge is -2.34. The molecule has 0 spiro atoms. The predicted octanol–water partition coefficient (Wildman–Crippen LogP) is 3.95. The third-order valence-electron chi connectivity index (χ3n) is 7.70. The summed E-state index contributed by atoms with van der Waals surface area (Å²) in [5, 5.41) is 15.2. The number of aromatic amines is 2. The molecule has 2 amide bonds. The number of piperidine rings is 1. The van der Waals surface area contributed by atoms with Gasteiger partial charge in [-0.3, -0.25) is 19.5 Å². The Morgan fingerprint density at radius 3 is 2.61 bits per heavy atom. The smallest absolute Gasteiger partial charge is 0.267 e. The Kier molecular flexibility index (Phi) is 7.07. The number of nitrogens with one attached hydrogen (secondary N) is 2. The van der Waals surface area contributed by atoms with Crippen molar-refractivity contribution < 1.29 is 9.59 Å². The molecule has 2 aliphatic rings. The molecule has 0 saturated carbocycles. The maximum absolute atomic E-state index is 13.8. The van der Waals surface area contributed by atoms with Crippen LogP contribution in [0.3, 0.4) is 0 Å². The van der Waals surface area contributed by atoms with Gasteiger partial charge >= 0.3 is 0 Å². The number of rotatable bonds is 4. The van der Waals surface area contributed by atoms with Gasteiger partial charge in [0.25, 0.3) is 5.56 Å². The second kappa shape index (κ2) is 10.2. The van der Waals surface area contributed by atoms with Gasteiger partial charge in [-0.2, -0.15) is 10.2 Å². The Labute approximate surface area is 226 Å². The number of likely N-dealkylation sites (tertiary alicyclic amines) is 1. The van der Waals surface area contributed by atoms with Crippen LogP contribution < -0.4 is 5.56 Å². The van der Waals surface area contributed by atoms with E-state index in [2.05, 4.69) is 41.2 Å². The van der Waals surface area contributed by atoms with Crippen molar-refractivity contribution in [3.8, 4) is 0 Å². The Balaban J connectivity index is 1.35. The summed E-state index contributed by atoms with van der Waals surface area (Å²) in [4.78, 5) is 43.3. The molecule has 202 valence electrons. The standard InChI is InChI=1S/C28H35ClN6O3/c1-16-9-20(26(37)33-31-16)17-5-7-34(8-6-17)24(36)12-19-10-18-11-23(29)25-21(13-30-32-25)22(18)14-35(27(19)38)15-28(2,3)4/h9,11,13,17,19H,5-8,10,12,14-15H2,1-4H3,(H,30,32)(H,33,37)/t19-/m1/s1. The summed E-state index contributed by atoms with van der Waals surface area (Å²) in [5.74, 6) is -0.380. The summed E-state index contributed by atoms with van der Waals surface area (Å²) in [7, 11) is 0. The molecular weight excluding hydrogens is 504 g/mol. The van der Waals surface area contributed by atoms with E-state index in [1.165, 1.54) is 0 Å². The van der Waals surface area contributed by atoms with Crippen molar-refractivity contribution >= 4 is 34.3 Å². The highest BCUT2D eigenvalue weighted by Crippen LogP contribution is 2.35. The first-order chi connectivity index (χ1) is 18.0. The highest BCUT2D eigenvalue weighted by molar-refractivity contribution is 6.35. The van der Waals surface area contributed by atoms with E-state index in [0.717, 1.165) is 33.3 Å². The number of carbonyl (C=O) groups is 2. The Bertz CT molecular complexity index is 1430. The summed E-state index contributed by atoms with van der Waals surface area (Å²) in [6.07, 6.45) is 3.81. The summed E-state index contributed by atoms with van der Waals surface area (Å²) in [6, 6.07) is 3.76. The molecule has 38 heavy (non-hydrogen) atoms. The molecule has 1 fully saturated rings. The number of fused-ring (bicyclic) bond motifs is 3. The fraction of sp³-hybridized carbons (Fsp3) is 0.536. The molecule has 0 radical (unpaired) electrons. The van der Waals surface area contributed by atoms with E-state index in [9.17, 15) is 14.4 Å². The van der Waals surface area contributed by atoms with Crippen LogP contribution in [0.2, 0.25) is 5.02 Å². The number of halogens is 1. The van der Waals surface area contributed by atoms with Crippen molar-refractivity contribution in [2.24, 2.45) is 11.3 Å². The summed E-state index contributed by atoms with van der Waals surface area (Å²) in [5.41, 5.74) is 4.07. The molecule has 2 aliphatic heterocycles. The van der Waals surface area contributed by atoms with Gasteiger partial charge in [0.05, 0.1) is 28.3 Å². The monoisotopic (exact) mass is 538 g/mol. The molecule has 5 rings (SSSR count). The maximum atomic E-state index is 13.8. The zero-order valence-electron chi connectivity index (χ0n) is 22.4. The number of aromatic nitrogens is 4. The van der Waals surface area contributed by atoms with Gasteiger partial charge < -0.3 is 9.80 Å². The number of carbonyl (C=O) groups excluding carboxylic acids is 2. The molecule has 1 aromatic carbocycles. The molecule has 4 heterocycles. The van der Waals surface area contributed by atoms with Gasteiger partial charge in [0.1, 0.15) is 0 Å². The minimum atomic E-state index is -0.463. The molecular formula is C28H35ClN6O3. The number of benzene rings is 1. The first-order valence-corrected chi connectivity index (χ1v) is 13.6. The van der Waals surface area contributed by atoms with Crippen molar-refractivity contribution in [1.82, 2.24) is 30.2 Å². The number of H-pyrrole nitrogens is 2. The Morgan fingerprint density at radius 2 is 1.89 bits per heavy atom. The van der Waals surface area contributed by atoms with E-state index in [-0.39, 0.29) is 35.1 Å². The molecule has 1 saturated heterocycles. The predicted molar refractivity (Wildman–Crippen MR) is 146 cm³/mol. The van der Waals surface area contributed by atoms with Crippen molar-refractivity contribution in [1.29, 1.82) is 0 Å². The van der Waals surface area contributed by atoms with E-state index < -0.39 is 5.92 Å². The molecule has 2 N–H and O–H groups in total. The van der Waals surface area contributed by atoms with Gasteiger partial charge in [-0.1, -0.05) is 32.4 Å². The quantitative estimate of drug-likeness (QED) is 0.522. The van der Waals surface area contributed by atoms with Crippen LogP contribution in [0.1, 0.15) is 68.3 Å². The first-order valence-electron chi connectivity index (χ1n) is 13.3. The average Bonchev–Trinajstić information content (AvgIpc) is 3.32. The van der Waals surface area contributed by atoms with Gasteiger partial charge in [-0.05, 0) is 60.8 Å². The van der Waals surface area contributed by atoms with Crippen molar-refractivity contribution in [3.63, 3.8) is 0 Å². The summed E-state index contributed by atoms with van der Waals surface area (Å²) in [6.45, 7) is 10.4. The lowest BCUT2D eigenvalue weighted by atomic mass is 9.89. The van der Waals surface area contributed by atoms with Gasteiger partial charge in [-0.25, -0.2) is 5.10 Å². The fourth-order valence-corrected chi connectivity index (χ4v) is 6.18. The number of amides is 2. The van der Waals surface area contributed by atoms with Gasteiger partial charge in [0.15, 0.2) is 0 Å². The molecule has 0 bridgehead atoms. The van der Waals surface area contributed by atoms with Crippen LogP contribution >= 0.6 is 11.6 Å². The third-order valence-corrected chi connectivity index (χ3v) is 8.00. The van der Waals surface area contributed by atoms with Crippen LogP contribution in [0.15, 0.2) is 23.1 Å². The minimum Gasteiger partial charge on any atom is -0.343 e. The summed E-state index contributed by atoms with van der Waals surface area (Å²) < 4.78 is 0. The van der Waals surface area contributed by atoms with E-state index >= 15 is 0 Å². The molecule has 2 aromatic heterocycles. The zero-order chi connectivity index (χ0) is 27.2. The van der Waals surface area contributed by atoms with E-state index in [0.29, 0.717) is 50.5 Å². The highest BCUT2D eigenvalue weighted by Gasteiger charge is 2.36. The SMILES string of the molecule is Cc1cc(C2CCN(C(=O)C[C@H]3Cc4cc(Cl)c5[nH]ncc5c4CN(CC(C)(C)C)C3=O)CC2)c(=O)[nH]n1. The van der Waals surface area contributed by atoms with Gasteiger partial charge in [-0.15, -0.1) is 0 Å². The number of aryl methyl sites for hydroxylation is 1. The maximum Gasteiger partial charge on any atom is 0.267 e. The number of hydrogen-bond acceptors (Lipinski definition) is 5. The van der Waals surface area contributed by atoms with Crippen molar-refractivity contribution in [2.45, 2.75) is 65.8 Å². The van der Waals surface area contributed by atoms with E-state index in [4.69, 9.17) is 11.6 Å². The van der Waals surface area contributed by atoms with Crippen molar-refractivity contribution in [2.75, 3.05) is 19.6 Å². The molecule has 9 nitrogen and oxygen atoms in total. The second-order valence-corrected chi connectivity index (χ2v) is 12.4. The summed E-state index contributed by atoms with van der Waals surface area (Å²) >= 11 is 6.55. The zero-order valence-corrected chi connectivity index (χ0v) is 23.2. The van der Waals surface area contributed by atoms with Crippen LogP contribution in [0.4, 0.5) is 0 Å².